The zero-order valence-corrected chi connectivity index (χ0v) is 11.7. The van der Waals surface area contributed by atoms with E-state index in [1.54, 1.807) is 0 Å². The monoisotopic (exact) mass is 288 g/mol. The summed E-state index contributed by atoms with van der Waals surface area (Å²) in [6, 6.07) is 8.84. The molecule has 0 aliphatic carbocycles. The maximum absolute atomic E-state index is 11.7. The van der Waals surface area contributed by atoms with E-state index in [0.717, 1.165) is 5.56 Å². The summed E-state index contributed by atoms with van der Waals surface area (Å²) in [5, 5.41) is 9.24. The van der Waals surface area contributed by atoms with Crippen molar-refractivity contribution in [1.82, 2.24) is 9.44 Å². The van der Waals surface area contributed by atoms with Crippen LogP contribution in [0.4, 0.5) is 0 Å². The number of nitrogens with one attached hydrogen (secondary N) is 2. The van der Waals surface area contributed by atoms with E-state index in [-0.39, 0.29) is 13.2 Å². The minimum atomic E-state index is -3.63. The Hall–Kier alpha value is -0.990. The van der Waals surface area contributed by atoms with E-state index in [4.69, 9.17) is 4.74 Å². The van der Waals surface area contributed by atoms with Crippen molar-refractivity contribution in [2.75, 3.05) is 26.9 Å². The first-order chi connectivity index (χ1) is 9.07. The summed E-state index contributed by atoms with van der Waals surface area (Å²) in [6.07, 6.45) is 0.433. The molecule has 3 N–H and O–H groups in total. The van der Waals surface area contributed by atoms with Crippen LogP contribution in [0.1, 0.15) is 5.56 Å². The maximum atomic E-state index is 11.7. The molecule has 108 valence electrons. The van der Waals surface area contributed by atoms with Crippen molar-refractivity contribution in [3.8, 4) is 0 Å². The molecule has 19 heavy (non-hydrogen) atoms. The van der Waals surface area contributed by atoms with Crippen molar-refractivity contribution in [3.63, 3.8) is 0 Å². The van der Waals surface area contributed by atoms with Gasteiger partial charge in [0.25, 0.3) is 10.2 Å². The van der Waals surface area contributed by atoms with Gasteiger partial charge in [-0.05, 0) is 12.0 Å². The molecule has 1 aromatic carbocycles. The van der Waals surface area contributed by atoms with E-state index in [0.29, 0.717) is 13.0 Å². The van der Waals surface area contributed by atoms with Crippen molar-refractivity contribution in [1.29, 1.82) is 0 Å². The van der Waals surface area contributed by atoms with Crippen molar-refractivity contribution in [3.05, 3.63) is 35.9 Å². The van der Waals surface area contributed by atoms with Crippen LogP contribution in [0.25, 0.3) is 0 Å². The van der Waals surface area contributed by atoms with Crippen LogP contribution in [0.15, 0.2) is 30.3 Å². The van der Waals surface area contributed by atoms with Gasteiger partial charge in [-0.3, -0.25) is 0 Å². The summed E-state index contributed by atoms with van der Waals surface area (Å²) >= 11 is 0. The average molecular weight is 288 g/mol. The lowest BCUT2D eigenvalue weighted by atomic mass is 10.1. The highest BCUT2D eigenvalue weighted by Crippen LogP contribution is 2.03. The van der Waals surface area contributed by atoms with Crippen LogP contribution in [0.2, 0.25) is 0 Å². The molecule has 0 bridgehead atoms. The smallest absolute Gasteiger partial charge is 0.277 e. The molecular formula is C12H20N2O4S. The lowest BCUT2D eigenvalue weighted by Gasteiger charge is -2.16. The number of methoxy groups -OCH3 is 1. The van der Waals surface area contributed by atoms with Gasteiger partial charge in [0.05, 0.1) is 19.3 Å². The summed E-state index contributed by atoms with van der Waals surface area (Å²) in [7, 11) is -2.13. The Morgan fingerprint density at radius 1 is 1.32 bits per heavy atom. The predicted molar refractivity (Wildman–Crippen MR) is 73.0 cm³/mol. The zero-order valence-electron chi connectivity index (χ0n) is 10.9. The van der Waals surface area contributed by atoms with Gasteiger partial charge in [-0.25, -0.2) is 0 Å². The van der Waals surface area contributed by atoms with Gasteiger partial charge in [0, 0.05) is 13.7 Å². The first-order valence-corrected chi connectivity index (χ1v) is 7.46. The van der Waals surface area contributed by atoms with Crippen LogP contribution < -0.4 is 9.44 Å². The average Bonchev–Trinajstić information content (AvgIpc) is 2.39. The van der Waals surface area contributed by atoms with Crippen LogP contribution in [0, 0.1) is 0 Å². The predicted octanol–water partition coefficient (Wildman–Crippen LogP) is -0.340. The van der Waals surface area contributed by atoms with Gasteiger partial charge in [0.2, 0.25) is 0 Å². The highest BCUT2D eigenvalue weighted by molar-refractivity contribution is 7.87. The van der Waals surface area contributed by atoms with Crippen LogP contribution in [0.5, 0.6) is 0 Å². The number of hydrogen-bond donors (Lipinski definition) is 3. The van der Waals surface area contributed by atoms with Gasteiger partial charge in [-0.15, -0.1) is 0 Å². The van der Waals surface area contributed by atoms with Crippen molar-refractivity contribution >= 4 is 10.2 Å². The van der Waals surface area contributed by atoms with Gasteiger partial charge in [0.15, 0.2) is 0 Å². The summed E-state index contributed by atoms with van der Waals surface area (Å²) < 4.78 is 32.9. The van der Waals surface area contributed by atoms with Gasteiger partial charge >= 0.3 is 0 Å². The Morgan fingerprint density at radius 2 is 2.00 bits per heavy atom. The molecule has 6 nitrogen and oxygen atoms in total. The van der Waals surface area contributed by atoms with Gasteiger partial charge < -0.3 is 9.84 Å². The lowest BCUT2D eigenvalue weighted by molar-refractivity contribution is 0.204. The number of hydrogen-bond acceptors (Lipinski definition) is 4. The quantitative estimate of drug-likeness (QED) is 0.543. The van der Waals surface area contributed by atoms with E-state index < -0.39 is 16.3 Å². The molecule has 0 aliphatic rings. The second kappa shape index (κ2) is 8.23. The topological polar surface area (TPSA) is 87.7 Å². The summed E-state index contributed by atoms with van der Waals surface area (Å²) in [4.78, 5) is 0. The standard InChI is InChI=1S/C12H20N2O4S/c1-18-8-7-13-19(16,17)14-12(10-15)9-11-5-3-2-4-6-11/h2-6,12-15H,7-10H2,1H3/t12-/m1/s1. The van der Waals surface area contributed by atoms with Crippen molar-refractivity contribution < 1.29 is 18.3 Å². The SMILES string of the molecule is COCCNS(=O)(=O)N[C@@H](CO)Cc1ccccc1. The van der Waals surface area contributed by atoms with E-state index in [1.165, 1.54) is 7.11 Å². The fraction of sp³-hybridized carbons (Fsp3) is 0.500. The largest absolute Gasteiger partial charge is 0.395 e. The summed E-state index contributed by atoms with van der Waals surface area (Å²) in [5.41, 5.74) is 0.959. The second-order valence-electron chi connectivity index (χ2n) is 4.08. The highest BCUT2D eigenvalue weighted by Gasteiger charge is 2.16. The molecule has 0 amide bonds. The van der Waals surface area contributed by atoms with Gasteiger partial charge in [-0.2, -0.15) is 17.9 Å². The van der Waals surface area contributed by atoms with Crippen LogP contribution in [0.3, 0.4) is 0 Å². The summed E-state index contributed by atoms with van der Waals surface area (Å²) in [6.45, 7) is 0.221. The normalized spacial score (nSPS) is 13.4. The Balaban J connectivity index is 2.52. The maximum Gasteiger partial charge on any atom is 0.277 e. The Kier molecular flexibility index (Phi) is 6.96. The van der Waals surface area contributed by atoms with Gasteiger partial charge in [0.1, 0.15) is 0 Å². The number of aliphatic hydroxyl groups is 1. The molecule has 7 heteroatoms. The number of ether oxygens (including phenoxy) is 1. The second-order valence-corrected chi connectivity index (χ2v) is 5.61. The minimum Gasteiger partial charge on any atom is -0.395 e. The van der Waals surface area contributed by atoms with Crippen LogP contribution in [-0.4, -0.2) is 46.4 Å². The molecule has 0 saturated carbocycles. The molecule has 0 spiro atoms. The Bertz CT molecular complexity index is 450. The molecule has 0 aliphatic heterocycles. The molecule has 0 unspecified atom stereocenters. The van der Waals surface area contributed by atoms with E-state index in [1.807, 2.05) is 30.3 Å². The molecule has 0 heterocycles. The van der Waals surface area contributed by atoms with E-state index in [2.05, 4.69) is 9.44 Å². The zero-order chi connectivity index (χ0) is 14.1. The van der Waals surface area contributed by atoms with Crippen molar-refractivity contribution in [2.24, 2.45) is 0 Å². The molecule has 1 aromatic rings. The fourth-order valence-corrected chi connectivity index (χ4v) is 2.61. The molecular weight excluding hydrogens is 268 g/mol. The third-order valence-corrected chi connectivity index (χ3v) is 3.69. The number of benzene rings is 1. The third kappa shape index (κ3) is 6.65. The number of aliphatic hydroxyl groups excluding tert-OH is 1. The molecule has 1 rings (SSSR count). The third-order valence-electron chi connectivity index (χ3n) is 2.47. The van der Waals surface area contributed by atoms with Crippen LogP contribution >= 0.6 is 0 Å². The molecule has 0 radical (unpaired) electrons. The van der Waals surface area contributed by atoms with Gasteiger partial charge in [-0.1, -0.05) is 30.3 Å². The van der Waals surface area contributed by atoms with Crippen molar-refractivity contribution in [2.45, 2.75) is 12.5 Å². The number of rotatable bonds is 9. The Labute approximate surface area is 114 Å². The highest BCUT2D eigenvalue weighted by atomic mass is 32.2. The minimum absolute atomic E-state index is 0.190. The molecule has 0 saturated heterocycles. The molecule has 0 fully saturated rings. The van der Waals surface area contributed by atoms with E-state index >= 15 is 0 Å². The first-order valence-electron chi connectivity index (χ1n) is 5.98. The van der Waals surface area contributed by atoms with E-state index in [9.17, 15) is 13.5 Å². The van der Waals surface area contributed by atoms with Crippen LogP contribution in [-0.2, 0) is 21.4 Å². The lowest BCUT2D eigenvalue weighted by Crippen LogP contribution is -2.46. The molecule has 1 atom stereocenters. The first kappa shape index (κ1) is 16.1. The fourth-order valence-electron chi connectivity index (χ4n) is 1.58. The summed E-state index contributed by atoms with van der Waals surface area (Å²) in [5.74, 6) is 0. The Morgan fingerprint density at radius 3 is 2.58 bits per heavy atom. The molecule has 0 aromatic heterocycles.